The van der Waals surface area contributed by atoms with Crippen molar-refractivity contribution in [2.75, 3.05) is 18.4 Å². The van der Waals surface area contributed by atoms with Crippen LogP contribution in [-0.4, -0.2) is 40.0 Å². The van der Waals surface area contributed by atoms with Gasteiger partial charge in [-0.1, -0.05) is 17.4 Å². The smallest absolute Gasteiger partial charge is 0.263 e. The lowest BCUT2D eigenvalue weighted by Crippen LogP contribution is -2.41. The van der Waals surface area contributed by atoms with E-state index in [1.807, 2.05) is 22.4 Å². The molecule has 0 spiro atoms. The molecule has 24 heavy (non-hydrogen) atoms. The van der Waals surface area contributed by atoms with Gasteiger partial charge in [-0.05, 0) is 37.1 Å². The largest absolute Gasteiger partial charge is 0.338 e. The van der Waals surface area contributed by atoms with Crippen LogP contribution < -0.4 is 5.32 Å². The molecule has 8 heteroatoms. The molecule has 126 valence electrons. The van der Waals surface area contributed by atoms with E-state index in [-0.39, 0.29) is 17.7 Å². The monoisotopic (exact) mass is 362 g/mol. The molecule has 1 saturated heterocycles. The molecule has 4 rings (SSSR count). The zero-order chi connectivity index (χ0) is 16.5. The molecule has 0 unspecified atom stereocenters. The number of amides is 2. The highest BCUT2D eigenvalue weighted by atomic mass is 32.1. The molecule has 0 bridgehead atoms. The molecule has 0 aromatic carbocycles. The van der Waals surface area contributed by atoms with Gasteiger partial charge in [0, 0.05) is 24.9 Å². The first-order valence-electron chi connectivity index (χ1n) is 8.18. The summed E-state index contributed by atoms with van der Waals surface area (Å²) in [6.45, 7) is 1.25. The predicted molar refractivity (Wildman–Crippen MR) is 93.5 cm³/mol. The third-order valence-corrected chi connectivity index (χ3v) is 6.34. The molecule has 1 aliphatic heterocycles. The summed E-state index contributed by atoms with van der Waals surface area (Å²) >= 11 is 2.94. The normalized spacial score (nSPS) is 18.6. The zero-order valence-corrected chi connectivity index (χ0v) is 14.7. The van der Waals surface area contributed by atoms with E-state index in [9.17, 15) is 9.59 Å². The topological polar surface area (TPSA) is 75.2 Å². The average molecular weight is 362 g/mol. The highest BCUT2D eigenvalue weighted by Gasteiger charge is 2.30. The van der Waals surface area contributed by atoms with Crippen molar-refractivity contribution in [1.82, 2.24) is 15.1 Å². The Morgan fingerprint density at radius 2 is 1.96 bits per heavy atom. The Morgan fingerprint density at radius 1 is 1.17 bits per heavy atom. The first-order valence-corrected chi connectivity index (χ1v) is 9.87. The number of hydrogen-bond acceptors (Lipinski definition) is 6. The van der Waals surface area contributed by atoms with E-state index in [1.54, 1.807) is 0 Å². The number of thiophene rings is 1. The van der Waals surface area contributed by atoms with Crippen molar-refractivity contribution in [3.05, 3.63) is 27.4 Å². The van der Waals surface area contributed by atoms with Crippen molar-refractivity contribution in [2.24, 2.45) is 5.92 Å². The summed E-state index contributed by atoms with van der Waals surface area (Å²) in [4.78, 5) is 27.3. The zero-order valence-electron chi connectivity index (χ0n) is 13.1. The Morgan fingerprint density at radius 3 is 2.62 bits per heavy atom. The van der Waals surface area contributed by atoms with Gasteiger partial charge in [-0.3, -0.25) is 9.59 Å². The van der Waals surface area contributed by atoms with Gasteiger partial charge in [0.2, 0.25) is 11.0 Å². The Balaban J connectivity index is 1.30. The lowest BCUT2D eigenvalue weighted by atomic mass is 9.96. The summed E-state index contributed by atoms with van der Waals surface area (Å²) < 4.78 is 0. The molecule has 0 radical (unpaired) electrons. The minimum Gasteiger partial charge on any atom is -0.338 e. The predicted octanol–water partition coefficient (Wildman–Crippen LogP) is 2.97. The summed E-state index contributed by atoms with van der Waals surface area (Å²) in [6, 6.07) is 3.73. The van der Waals surface area contributed by atoms with Crippen LogP contribution in [0.3, 0.4) is 0 Å². The van der Waals surface area contributed by atoms with E-state index in [1.165, 1.54) is 35.5 Å². The number of rotatable bonds is 4. The van der Waals surface area contributed by atoms with Gasteiger partial charge in [0.25, 0.3) is 5.91 Å². The maximum absolute atomic E-state index is 12.4. The third-order valence-electron chi connectivity index (χ3n) is 4.48. The first-order chi connectivity index (χ1) is 11.7. The van der Waals surface area contributed by atoms with E-state index in [0.717, 1.165) is 9.88 Å². The van der Waals surface area contributed by atoms with Crippen LogP contribution in [0.4, 0.5) is 5.13 Å². The third kappa shape index (κ3) is 3.34. The second-order valence-corrected chi connectivity index (χ2v) is 8.21. The van der Waals surface area contributed by atoms with Crippen LogP contribution in [0.1, 0.15) is 46.3 Å². The molecule has 1 N–H and O–H groups in total. The molecule has 2 fully saturated rings. The van der Waals surface area contributed by atoms with Gasteiger partial charge in [0.1, 0.15) is 5.01 Å². The van der Waals surface area contributed by atoms with Crippen molar-refractivity contribution >= 4 is 39.6 Å². The molecule has 2 aliphatic rings. The molecule has 1 saturated carbocycles. The van der Waals surface area contributed by atoms with Crippen molar-refractivity contribution in [2.45, 2.75) is 31.6 Å². The molecular weight excluding hydrogens is 344 g/mol. The maximum atomic E-state index is 12.4. The average Bonchev–Trinajstić information content (AvgIpc) is 3.11. The van der Waals surface area contributed by atoms with Crippen molar-refractivity contribution in [3.8, 4) is 0 Å². The van der Waals surface area contributed by atoms with Gasteiger partial charge in [-0.2, -0.15) is 0 Å². The lowest BCUT2D eigenvalue weighted by molar-refractivity contribution is -0.121. The molecule has 2 aromatic heterocycles. The fraction of sp³-hybridized carbons (Fsp3) is 0.500. The van der Waals surface area contributed by atoms with Crippen LogP contribution in [-0.2, 0) is 4.79 Å². The van der Waals surface area contributed by atoms with E-state index in [4.69, 9.17) is 0 Å². The summed E-state index contributed by atoms with van der Waals surface area (Å²) in [7, 11) is 0. The first kappa shape index (κ1) is 15.7. The highest BCUT2D eigenvalue weighted by Crippen LogP contribution is 2.42. The van der Waals surface area contributed by atoms with Gasteiger partial charge in [0.05, 0.1) is 4.88 Å². The van der Waals surface area contributed by atoms with Gasteiger partial charge >= 0.3 is 0 Å². The number of nitrogens with one attached hydrogen (secondary N) is 1. The standard InChI is InChI=1S/C16H18N4O2S2/c21-13(17-16-19-18-14(24-16)11-3-4-11)10-5-7-20(8-6-10)15(22)12-2-1-9-23-12/h1-2,9-11H,3-8H2,(H,17,19,21). The molecule has 6 nitrogen and oxygen atoms in total. The van der Waals surface area contributed by atoms with Crippen molar-refractivity contribution in [3.63, 3.8) is 0 Å². The van der Waals surface area contributed by atoms with Crippen LogP contribution in [0.2, 0.25) is 0 Å². The quantitative estimate of drug-likeness (QED) is 0.907. The van der Waals surface area contributed by atoms with Gasteiger partial charge in [-0.15, -0.1) is 21.5 Å². The van der Waals surface area contributed by atoms with E-state index >= 15 is 0 Å². The SMILES string of the molecule is O=C(Nc1nnc(C2CC2)s1)C1CCN(C(=O)c2cccs2)CC1. The van der Waals surface area contributed by atoms with Crippen LogP contribution in [0.15, 0.2) is 17.5 Å². The maximum Gasteiger partial charge on any atom is 0.263 e. The molecule has 1 aliphatic carbocycles. The summed E-state index contributed by atoms with van der Waals surface area (Å²) in [5.74, 6) is 0.559. The summed E-state index contributed by atoms with van der Waals surface area (Å²) in [6.07, 6.45) is 3.74. The number of piperidine rings is 1. The Labute approximate surface area is 147 Å². The molecular formula is C16H18N4O2S2. The number of aromatic nitrogens is 2. The second-order valence-electron chi connectivity index (χ2n) is 6.25. The minimum absolute atomic E-state index is 0.00304. The van der Waals surface area contributed by atoms with E-state index in [0.29, 0.717) is 37.0 Å². The van der Waals surface area contributed by atoms with Crippen molar-refractivity contribution in [1.29, 1.82) is 0 Å². The van der Waals surface area contributed by atoms with Gasteiger partial charge in [-0.25, -0.2) is 0 Å². The fourth-order valence-corrected chi connectivity index (χ4v) is 4.49. The highest BCUT2D eigenvalue weighted by molar-refractivity contribution is 7.15. The van der Waals surface area contributed by atoms with Crippen LogP contribution in [0, 0.1) is 5.92 Å². The Hall–Kier alpha value is -1.80. The molecule has 0 atom stereocenters. The van der Waals surface area contributed by atoms with Crippen molar-refractivity contribution < 1.29 is 9.59 Å². The van der Waals surface area contributed by atoms with Crippen LogP contribution >= 0.6 is 22.7 Å². The number of hydrogen-bond donors (Lipinski definition) is 1. The Bertz CT molecular complexity index is 731. The number of likely N-dealkylation sites (tertiary alicyclic amines) is 1. The van der Waals surface area contributed by atoms with Gasteiger partial charge < -0.3 is 10.2 Å². The lowest BCUT2D eigenvalue weighted by Gasteiger charge is -2.30. The molecule has 2 amide bonds. The van der Waals surface area contributed by atoms with E-state index in [2.05, 4.69) is 15.5 Å². The summed E-state index contributed by atoms with van der Waals surface area (Å²) in [5.41, 5.74) is 0. The fourth-order valence-electron chi connectivity index (χ4n) is 2.89. The van der Waals surface area contributed by atoms with E-state index < -0.39 is 0 Å². The number of carbonyl (C=O) groups is 2. The minimum atomic E-state index is -0.0642. The number of carbonyl (C=O) groups excluding carboxylic acids is 2. The second kappa shape index (κ2) is 6.60. The molecule has 3 heterocycles. The molecule has 2 aromatic rings. The van der Waals surface area contributed by atoms with Crippen LogP contribution in [0.5, 0.6) is 0 Å². The Kier molecular flexibility index (Phi) is 4.32. The number of anilines is 1. The van der Waals surface area contributed by atoms with Crippen LogP contribution in [0.25, 0.3) is 0 Å². The van der Waals surface area contributed by atoms with Gasteiger partial charge in [0.15, 0.2) is 0 Å². The summed E-state index contributed by atoms with van der Waals surface area (Å²) in [5, 5.41) is 14.6. The number of nitrogens with zero attached hydrogens (tertiary/aromatic N) is 3.